The first-order valence-corrected chi connectivity index (χ1v) is 9.99. The van der Waals surface area contributed by atoms with Crippen LogP contribution in [0.25, 0.3) is 5.82 Å². The van der Waals surface area contributed by atoms with Gasteiger partial charge >= 0.3 is 0 Å². The number of aromatic nitrogens is 3. The average molecular weight is 420 g/mol. The number of hydrogen-bond acceptors (Lipinski definition) is 6. The third-order valence-corrected chi connectivity index (χ3v) is 5.84. The molecule has 11 heteroatoms. The van der Waals surface area contributed by atoms with E-state index in [1.807, 2.05) is 0 Å². The van der Waals surface area contributed by atoms with E-state index in [-0.39, 0.29) is 34.7 Å². The van der Waals surface area contributed by atoms with Gasteiger partial charge in [-0.3, -0.25) is 4.79 Å². The van der Waals surface area contributed by atoms with Crippen molar-refractivity contribution in [1.29, 1.82) is 0 Å². The van der Waals surface area contributed by atoms with E-state index in [1.165, 1.54) is 12.1 Å². The van der Waals surface area contributed by atoms with Crippen molar-refractivity contribution in [2.45, 2.75) is 11.4 Å². The predicted molar refractivity (Wildman–Crippen MR) is 101 cm³/mol. The minimum absolute atomic E-state index is 0.0241. The highest BCUT2D eigenvalue weighted by Crippen LogP contribution is 2.35. The van der Waals surface area contributed by atoms with Gasteiger partial charge in [0.15, 0.2) is 12.4 Å². The Morgan fingerprint density at radius 2 is 2.14 bits per heavy atom. The second-order valence-electron chi connectivity index (χ2n) is 5.91. The normalized spacial score (nSPS) is 13.5. The van der Waals surface area contributed by atoms with Gasteiger partial charge in [0.1, 0.15) is 10.6 Å². The number of carbonyl (C=O) groups is 1. The van der Waals surface area contributed by atoms with Crippen molar-refractivity contribution in [2.75, 3.05) is 11.9 Å². The minimum Gasteiger partial charge on any atom is -0.482 e. The van der Waals surface area contributed by atoms with Gasteiger partial charge in [-0.05, 0) is 29.8 Å². The summed E-state index contributed by atoms with van der Waals surface area (Å²) in [6.07, 6.45) is 4.94. The molecule has 0 aliphatic carbocycles. The van der Waals surface area contributed by atoms with Crippen molar-refractivity contribution in [1.82, 2.24) is 19.5 Å². The second-order valence-corrected chi connectivity index (χ2v) is 8.06. The van der Waals surface area contributed by atoms with Crippen molar-refractivity contribution in [3.05, 3.63) is 59.5 Å². The zero-order valence-electron chi connectivity index (χ0n) is 14.3. The molecule has 2 N–H and O–H groups in total. The number of amides is 1. The first kappa shape index (κ1) is 18.4. The van der Waals surface area contributed by atoms with Gasteiger partial charge in [0.05, 0.1) is 10.7 Å². The molecule has 0 saturated carbocycles. The number of pyridine rings is 1. The van der Waals surface area contributed by atoms with Gasteiger partial charge in [-0.25, -0.2) is 22.8 Å². The maximum absolute atomic E-state index is 12.7. The molecule has 0 unspecified atom stereocenters. The van der Waals surface area contributed by atoms with E-state index in [0.29, 0.717) is 17.1 Å². The van der Waals surface area contributed by atoms with E-state index < -0.39 is 10.0 Å². The highest BCUT2D eigenvalue weighted by Gasteiger charge is 2.24. The minimum atomic E-state index is -3.92. The lowest BCUT2D eigenvalue weighted by Crippen LogP contribution is -2.27. The first-order valence-electron chi connectivity index (χ1n) is 8.13. The number of nitrogens with zero attached hydrogens (tertiary/aromatic N) is 3. The Kier molecular flexibility index (Phi) is 4.75. The van der Waals surface area contributed by atoms with Crippen LogP contribution >= 0.6 is 11.6 Å². The molecule has 1 aliphatic rings. The van der Waals surface area contributed by atoms with E-state index >= 15 is 0 Å². The van der Waals surface area contributed by atoms with Crippen LogP contribution in [0, 0.1) is 0 Å². The summed E-state index contributed by atoms with van der Waals surface area (Å²) in [7, 11) is -3.92. The maximum atomic E-state index is 12.7. The molecule has 0 saturated heterocycles. The number of benzene rings is 1. The molecule has 0 bridgehead atoms. The molecule has 28 heavy (non-hydrogen) atoms. The largest absolute Gasteiger partial charge is 0.482 e. The number of carbonyl (C=O) groups excluding carboxylic acids is 1. The lowest BCUT2D eigenvalue weighted by molar-refractivity contribution is -0.118. The van der Waals surface area contributed by atoms with Gasteiger partial charge in [-0.1, -0.05) is 11.6 Å². The lowest BCUT2D eigenvalue weighted by atomic mass is 10.2. The molecular weight excluding hydrogens is 406 g/mol. The van der Waals surface area contributed by atoms with Gasteiger partial charge in [0.25, 0.3) is 5.91 Å². The molecule has 144 valence electrons. The lowest BCUT2D eigenvalue weighted by Gasteiger charge is -2.19. The Morgan fingerprint density at radius 3 is 2.93 bits per heavy atom. The zero-order valence-corrected chi connectivity index (χ0v) is 15.9. The number of anilines is 1. The van der Waals surface area contributed by atoms with E-state index in [4.69, 9.17) is 16.3 Å². The summed E-state index contributed by atoms with van der Waals surface area (Å²) in [5.74, 6) is 0.481. The molecule has 0 radical (unpaired) electrons. The number of hydrogen-bond donors (Lipinski definition) is 2. The van der Waals surface area contributed by atoms with Crippen LogP contribution in [0.15, 0.2) is 53.8 Å². The Morgan fingerprint density at radius 1 is 1.29 bits per heavy atom. The number of sulfonamides is 1. The van der Waals surface area contributed by atoms with Crippen LogP contribution in [0.2, 0.25) is 5.02 Å². The SMILES string of the molecule is O=C1COc2cc(S(=O)(=O)NCc3ccnc(-n4cccn4)c3)c(Cl)cc2N1. The number of nitrogens with one attached hydrogen (secondary N) is 2. The number of rotatable bonds is 5. The van der Waals surface area contributed by atoms with Crippen LogP contribution in [0.5, 0.6) is 5.75 Å². The van der Waals surface area contributed by atoms with Crippen molar-refractivity contribution in [3.8, 4) is 11.6 Å². The van der Waals surface area contributed by atoms with Crippen LogP contribution in [-0.2, 0) is 21.4 Å². The van der Waals surface area contributed by atoms with Gasteiger partial charge < -0.3 is 10.1 Å². The average Bonchev–Trinajstić information content (AvgIpc) is 3.21. The third kappa shape index (κ3) is 3.70. The fourth-order valence-electron chi connectivity index (χ4n) is 2.64. The highest BCUT2D eigenvalue weighted by atomic mass is 35.5. The van der Waals surface area contributed by atoms with Crippen LogP contribution in [0.1, 0.15) is 5.56 Å². The zero-order chi connectivity index (χ0) is 19.7. The highest BCUT2D eigenvalue weighted by molar-refractivity contribution is 7.89. The number of fused-ring (bicyclic) bond motifs is 1. The molecular formula is C17H14ClN5O4S. The third-order valence-electron chi connectivity index (χ3n) is 3.97. The van der Waals surface area contributed by atoms with E-state index in [1.54, 1.807) is 41.5 Å². The predicted octanol–water partition coefficient (Wildman–Crippen LogP) is 1.73. The maximum Gasteiger partial charge on any atom is 0.262 e. The molecule has 3 aromatic rings. The fraction of sp³-hybridized carbons (Fsp3) is 0.118. The summed E-state index contributed by atoms with van der Waals surface area (Å²) >= 11 is 6.12. The summed E-state index contributed by atoms with van der Waals surface area (Å²) in [6, 6.07) is 7.83. The Hall–Kier alpha value is -2.95. The summed E-state index contributed by atoms with van der Waals surface area (Å²) in [5.41, 5.74) is 1.03. The molecule has 2 aromatic heterocycles. The first-order chi connectivity index (χ1) is 13.4. The van der Waals surface area contributed by atoms with Crippen LogP contribution in [-0.4, -0.2) is 35.7 Å². The van der Waals surface area contributed by atoms with Gasteiger partial charge in [0.2, 0.25) is 10.0 Å². The Bertz CT molecular complexity index is 1150. The van der Waals surface area contributed by atoms with Gasteiger partial charge in [-0.15, -0.1) is 0 Å². The summed E-state index contributed by atoms with van der Waals surface area (Å²) in [6.45, 7) is -0.154. The van der Waals surface area contributed by atoms with E-state index in [9.17, 15) is 13.2 Å². The topological polar surface area (TPSA) is 115 Å². The Balaban J connectivity index is 1.55. The molecule has 9 nitrogen and oxygen atoms in total. The molecule has 3 heterocycles. The van der Waals surface area contributed by atoms with Crippen molar-refractivity contribution in [2.24, 2.45) is 0 Å². The van der Waals surface area contributed by atoms with E-state index in [2.05, 4.69) is 20.1 Å². The van der Waals surface area contributed by atoms with Crippen molar-refractivity contribution < 1.29 is 17.9 Å². The molecule has 4 rings (SSSR count). The summed E-state index contributed by atoms with van der Waals surface area (Å²) < 4.78 is 34.8. The second kappa shape index (κ2) is 7.23. The van der Waals surface area contributed by atoms with E-state index in [0.717, 1.165) is 0 Å². The van der Waals surface area contributed by atoms with Crippen molar-refractivity contribution in [3.63, 3.8) is 0 Å². The van der Waals surface area contributed by atoms with Gasteiger partial charge in [0, 0.05) is 31.2 Å². The van der Waals surface area contributed by atoms with Crippen LogP contribution in [0.4, 0.5) is 5.69 Å². The molecule has 0 atom stereocenters. The smallest absolute Gasteiger partial charge is 0.262 e. The molecule has 0 spiro atoms. The molecule has 1 aromatic carbocycles. The quantitative estimate of drug-likeness (QED) is 0.650. The molecule has 1 amide bonds. The number of ether oxygens (including phenoxy) is 1. The van der Waals surface area contributed by atoms with Crippen LogP contribution in [0.3, 0.4) is 0 Å². The van der Waals surface area contributed by atoms with Crippen molar-refractivity contribution >= 4 is 33.2 Å². The fourth-order valence-corrected chi connectivity index (χ4v) is 4.20. The summed E-state index contributed by atoms with van der Waals surface area (Å²) in [4.78, 5) is 15.4. The number of halogens is 1. The monoisotopic (exact) mass is 419 g/mol. The van der Waals surface area contributed by atoms with Crippen LogP contribution < -0.4 is 14.8 Å². The summed E-state index contributed by atoms with van der Waals surface area (Å²) in [5, 5.41) is 6.65. The Labute approximate surface area is 165 Å². The molecule has 0 fully saturated rings. The standard InChI is InChI=1S/C17H14ClN5O4S/c18-12-7-13-14(27-10-17(24)22-13)8-15(12)28(25,26)21-9-11-2-4-19-16(6-11)23-5-1-3-20-23/h1-8,21H,9-10H2,(H,22,24). The molecule has 1 aliphatic heterocycles. The van der Waals surface area contributed by atoms with Gasteiger partial charge in [-0.2, -0.15) is 5.10 Å².